The summed E-state index contributed by atoms with van der Waals surface area (Å²) < 4.78 is 0.968. The van der Waals surface area contributed by atoms with Gasteiger partial charge in [0.1, 0.15) is 17.5 Å². The maximum Gasteiger partial charge on any atom is 0.222 e. The van der Waals surface area contributed by atoms with Crippen LogP contribution >= 0.6 is 15.9 Å². The second-order valence-corrected chi connectivity index (χ2v) is 5.33. The minimum atomic E-state index is 0.0497. The molecule has 5 nitrogen and oxygen atoms in total. The number of nitrogen functional groups attached to an aromatic ring is 2. The van der Waals surface area contributed by atoms with Gasteiger partial charge in [-0.1, -0.05) is 40.2 Å². The van der Waals surface area contributed by atoms with E-state index in [1.54, 1.807) is 0 Å². The van der Waals surface area contributed by atoms with Gasteiger partial charge in [0.15, 0.2) is 0 Å². The Balaban J connectivity index is 2.31. The number of nitrogens with two attached hydrogens (primary N) is 2. The summed E-state index contributed by atoms with van der Waals surface area (Å²) in [4.78, 5) is 7.98. The van der Waals surface area contributed by atoms with E-state index in [4.69, 9.17) is 11.5 Å². The molecule has 0 aliphatic rings. The first kappa shape index (κ1) is 13.3. The number of rotatable bonds is 1. The van der Waals surface area contributed by atoms with Gasteiger partial charge in [-0.25, -0.2) is 4.98 Å². The summed E-state index contributed by atoms with van der Waals surface area (Å²) >= 11 is 3.52. The fourth-order valence-electron chi connectivity index (χ4n) is 2.20. The van der Waals surface area contributed by atoms with Crippen molar-refractivity contribution in [1.82, 2.24) is 9.97 Å². The molecule has 2 aromatic carbocycles. The fourth-order valence-corrected chi connectivity index (χ4v) is 2.69. The van der Waals surface area contributed by atoms with Crippen molar-refractivity contribution in [2.24, 2.45) is 0 Å². The van der Waals surface area contributed by atoms with Gasteiger partial charge in [-0.15, -0.1) is 0 Å². The number of benzene rings is 2. The molecule has 0 fully saturated rings. The molecule has 1 aromatic heterocycles. The largest absolute Gasteiger partial charge is 0.382 e. The monoisotopic (exact) mass is 339 g/mol. The molecule has 0 bridgehead atoms. The molecule has 1 heterocycles. The summed E-state index contributed by atoms with van der Waals surface area (Å²) in [5.41, 5.74) is 12.8. The van der Waals surface area contributed by atoms with Crippen molar-refractivity contribution in [2.45, 2.75) is 0 Å². The lowest BCUT2D eigenvalue weighted by atomic mass is 10.0. The van der Waals surface area contributed by atoms with E-state index >= 15 is 0 Å². The van der Waals surface area contributed by atoms with Crippen LogP contribution in [0.2, 0.25) is 0 Å². The van der Waals surface area contributed by atoms with E-state index in [1.165, 1.54) is 0 Å². The number of anilines is 2. The number of aromatic nitrogens is 2. The zero-order valence-corrected chi connectivity index (χ0v) is 12.4. The lowest BCUT2D eigenvalue weighted by Gasteiger charge is -2.08. The molecule has 0 atom stereocenters. The molecular formula is C15H10BrN5. The van der Waals surface area contributed by atoms with Gasteiger partial charge < -0.3 is 11.5 Å². The molecule has 6 heteroatoms. The third-order valence-corrected chi connectivity index (χ3v) is 3.86. The highest BCUT2D eigenvalue weighted by atomic mass is 79.9. The highest BCUT2D eigenvalue weighted by Crippen LogP contribution is 2.31. The highest BCUT2D eigenvalue weighted by molar-refractivity contribution is 9.10. The first-order valence-electron chi connectivity index (χ1n) is 6.12. The van der Waals surface area contributed by atoms with Crippen LogP contribution < -0.4 is 11.5 Å². The molecule has 21 heavy (non-hydrogen) atoms. The molecule has 0 amide bonds. The molecule has 102 valence electrons. The first-order valence-corrected chi connectivity index (χ1v) is 6.91. The summed E-state index contributed by atoms with van der Waals surface area (Å²) in [5.74, 6) is 0.140. The van der Waals surface area contributed by atoms with E-state index in [0.29, 0.717) is 5.69 Å². The summed E-state index contributed by atoms with van der Waals surface area (Å²) in [6, 6.07) is 13.8. The van der Waals surface area contributed by atoms with E-state index < -0.39 is 0 Å². The number of nitriles is 1. The van der Waals surface area contributed by atoms with E-state index in [-0.39, 0.29) is 17.3 Å². The minimum Gasteiger partial charge on any atom is -0.382 e. The van der Waals surface area contributed by atoms with Crippen LogP contribution in [0.5, 0.6) is 0 Å². The van der Waals surface area contributed by atoms with Crippen LogP contribution in [0.25, 0.3) is 22.0 Å². The second-order valence-electron chi connectivity index (χ2n) is 4.48. The molecule has 0 radical (unpaired) electrons. The molecule has 0 unspecified atom stereocenters. The van der Waals surface area contributed by atoms with E-state index in [2.05, 4.69) is 25.9 Å². The SMILES string of the molecule is N#Cc1c(N)nc(N)nc1-c1ccc2cccc(Br)c2c1. The van der Waals surface area contributed by atoms with Crippen molar-refractivity contribution < 1.29 is 0 Å². The van der Waals surface area contributed by atoms with Crippen LogP contribution in [0.1, 0.15) is 5.56 Å². The maximum atomic E-state index is 9.26. The van der Waals surface area contributed by atoms with Gasteiger partial charge in [0.25, 0.3) is 0 Å². The van der Waals surface area contributed by atoms with Crippen molar-refractivity contribution in [3.63, 3.8) is 0 Å². The predicted molar refractivity (Wildman–Crippen MR) is 86.2 cm³/mol. The Morgan fingerprint density at radius 2 is 1.90 bits per heavy atom. The fraction of sp³-hybridized carbons (Fsp3) is 0. The zero-order chi connectivity index (χ0) is 15.0. The van der Waals surface area contributed by atoms with Crippen molar-refractivity contribution in [1.29, 1.82) is 5.26 Å². The summed E-state index contributed by atoms with van der Waals surface area (Å²) in [7, 11) is 0. The molecule has 0 aliphatic carbocycles. The molecule has 3 aromatic rings. The quantitative estimate of drug-likeness (QED) is 0.709. The van der Waals surface area contributed by atoms with Crippen LogP contribution in [0, 0.1) is 11.3 Å². The molecule has 3 rings (SSSR count). The van der Waals surface area contributed by atoms with Crippen molar-refractivity contribution in [2.75, 3.05) is 11.5 Å². The Kier molecular flexibility index (Phi) is 3.20. The summed E-state index contributed by atoms with van der Waals surface area (Å²) in [5, 5.41) is 11.4. The topological polar surface area (TPSA) is 102 Å². The maximum absolute atomic E-state index is 9.26. The van der Waals surface area contributed by atoms with E-state index in [1.807, 2.05) is 42.5 Å². The Bertz CT molecular complexity index is 898. The standard InChI is InChI=1S/C15H10BrN5/c16-12-3-1-2-8-4-5-9(6-10(8)12)13-11(7-17)14(18)21-15(19)20-13/h1-6H,(H4,18,19,20,21). The molecular weight excluding hydrogens is 330 g/mol. The van der Waals surface area contributed by atoms with Crippen LogP contribution in [-0.4, -0.2) is 9.97 Å². The van der Waals surface area contributed by atoms with E-state index in [0.717, 1.165) is 20.8 Å². The third-order valence-electron chi connectivity index (χ3n) is 3.17. The van der Waals surface area contributed by atoms with E-state index in [9.17, 15) is 5.26 Å². The van der Waals surface area contributed by atoms with Gasteiger partial charge in [0.05, 0.1) is 5.69 Å². The van der Waals surface area contributed by atoms with Gasteiger partial charge >= 0.3 is 0 Å². The van der Waals surface area contributed by atoms with Gasteiger partial charge in [-0.2, -0.15) is 10.2 Å². The predicted octanol–water partition coefficient (Wildman–Crippen LogP) is 3.10. The molecule has 0 aliphatic heterocycles. The van der Waals surface area contributed by atoms with Crippen molar-refractivity contribution in [3.05, 3.63) is 46.4 Å². The zero-order valence-electron chi connectivity index (χ0n) is 10.8. The number of hydrogen-bond acceptors (Lipinski definition) is 5. The summed E-state index contributed by atoms with van der Waals surface area (Å²) in [6.45, 7) is 0. The molecule has 0 spiro atoms. The Hall–Kier alpha value is -2.65. The Labute approximate surface area is 129 Å². The Morgan fingerprint density at radius 3 is 2.67 bits per heavy atom. The van der Waals surface area contributed by atoms with Gasteiger partial charge in [-0.05, 0) is 22.9 Å². The number of nitrogens with zero attached hydrogens (tertiary/aromatic N) is 3. The second kappa shape index (κ2) is 5.04. The average molecular weight is 340 g/mol. The molecule has 4 N–H and O–H groups in total. The number of fused-ring (bicyclic) bond motifs is 1. The number of halogens is 1. The normalized spacial score (nSPS) is 10.5. The first-order chi connectivity index (χ1) is 10.1. The highest BCUT2D eigenvalue weighted by Gasteiger charge is 2.13. The Morgan fingerprint density at radius 1 is 1.10 bits per heavy atom. The smallest absolute Gasteiger partial charge is 0.222 e. The van der Waals surface area contributed by atoms with Crippen LogP contribution in [0.3, 0.4) is 0 Å². The number of hydrogen-bond donors (Lipinski definition) is 2. The van der Waals surface area contributed by atoms with Crippen molar-refractivity contribution >= 4 is 38.5 Å². The lowest BCUT2D eigenvalue weighted by Crippen LogP contribution is -2.04. The van der Waals surface area contributed by atoms with Crippen LogP contribution in [0.15, 0.2) is 40.9 Å². The van der Waals surface area contributed by atoms with Crippen LogP contribution in [-0.2, 0) is 0 Å². The molecule has 0 saturated carbocycles. The van der Waals surface area contributed by atoms with Gasteiger partial charge in [0, 0.05) is 10.0 Å². The van der Waals surface area contributed by atoms with Crippen molar-refractivity contribution in [3.8, 4) is 17.3 Å². The summed E-state index contributed by atoms with van der Waals surface area (Å²) in [6.07, 6.45) is 0. The minimum absolute atomic E-state index is 0.0497. The molecule has 0 saturated heterocycles. The van der Waals surface area contributed by atoms with Crippen LogP contribution in [0.4, 0.5) is 11.8 Å². The third kappa shape index (κ3) is 2.28. The average Bonchev–Trinajstić information content (AvgIpc) is 2.46. The van der Waals surface area contributed by atoms with Gasteiger partial charge in [0.2, 0.25) is 5.95 Å². The lowest BCUT2D eigenvalue weighted by molar-refractivity contribution is 1.18. The van der Waals surface area contributed by atoms with Gasteiger partial charge in [-0.3, -0.25) is 0 Å².